The number of para-hydroxylation sites is 2. The highest BCUT2D eigenvalue weighted by molar-refractivity contribution is 6.32. The van der Waals surface area contributed by atoms with E-state index >= 15 is 0 Å². The molecule has 0 saturated heterocycles. The summed E-state index contributed by atoms with van der Waals surface area (Å²) in [6.07, 6.45) is 1.60. The highest BCUT2D eigenvalue weighted by atomic mass is 16.6. The van der Waals surface area contributed by atoms with E-state index in [0.29, 0.717) is 34.1 Å². The molecule has 1 aliphatic rings. The number of nitrogens with zero attached hydrogens (tertiary/aromatic N) is 3. The Morgan fingerprint density at radius 1 is 1.04 bits per heavy atom. The van der Waals surface area contributed by atoms with Crippen molar-refractivity contribution >= 4 is 29.1 Å². The second kappa shape index (κ2) is 6.96. The van der Waals surface area contributed by atoms with Gasteiger partial charge >= 0.3 is 0 Å². The van der Waals surface area contributed by atoms with Crippen LogP contribution in [0.2, 0.25) is 0 Å². The third kappa shape index (κ3) is 3.09. The van der Waals surface area contributed by atoms with Crippen molar-refractivity contribution in [3.8, 4) is 11.3 Å². The quantitative estimate of drug-likeness (QED) is 0.378. The molecule has 1 aromatic heterocycles. The number of carbonyl (C=O) groups excluding carboxylic acids is 1. The molecule has 0 fully saturated rings. The van der Waals surface area contributed by atoms with Crippen molar-refractivity contribution < 1.29 is 14.1 Å². The van der Waals surface area contributed by atoms with Crippen LogP contribution >= 0.6 is 0 Å². The van der Waals surface area contributed by atoms with Crippen molar-refractivity contribution in [2.24, 2.45) is 5.10 Å². The molecule has 4 rings (SSSR count). The Hall–Kier alpha value is -4.00. The van der Waals surface area contributed by atoms with E-state index in [4.69, 9.17) is 4.42 Å². The lowest BCUT2D eigenvalue weighted by molar-refractivity contribution is -0.384. The van der Waals surface area contributed by atoms with E-state index < -0.39 is 4.92 Å². The van der Waals surface area contributed by atoms with E-state index in [0.717, 1.165) is 0 Å². The Morgan fingerprint density at radius 2 is 1.75 bits per heavy atom. The van der Waals surface area contributed by atoms with Gasteiger partial charge in [-0.1, -0.05) is 30.3 Å². The van der Waals surface area contributed by atoms with Crippen LogP contribution in [0.15, 0.2) is 81.8 Å². The van der Waals surface area contributed by atoms with Gasteiger partial charge < -0.3 is 4.42 Å². The van der Waals surface area contributed by atoms with E-state index in [2.05, 4.69) is 5.10 Å². The van der Waals surface area contributed by atoms with Gasteiger partial charge in [-0.05, 0) is 43.3 Å². The molecule has 0 radical (unpaired) electrons. The molecule has 0 unspecified atom stereocenters. The summed E-state index contributed by atoms with van der Waals surface area (Å²) < 4.78 is 5.75. The molecule has 0 atom stereocenters. The van der Waals surface area contributed by atoms with Gasteiger partial charge in [0.15, 0.2) is 0 Å². The summed E-state index contributed by atoms with van der Waals surface area (Å²) in [6.45, 7) is 1.75. The van der Waals surface area contributed by atoms with E-state index in [9.17, 15) is 14.9 Å². The van der Waals surface area contributed by atoms with Gasteiger partial charge in [-0.15, -0.1) is 0 Å². The molecule has 1 aliphatic heterocycles. The number of amides is 1. The van der Waals surface area contributed by atoms with Crippen LogP contribution in [0.4, 0.5) is 11.4 Å². The van der Waals surface area contributed by atoms with Crippen LogP contribution in [0.5, 0.6) is 0 Å². The van der Waals surface area contributed by atoms with Gasteiger partial charge in [0.25, 0.3) is 11.6 Å². The monoisotopic (exact) mass is 373 g/mol. The number of carbonyl (C=O) groups is 1. The highest BCUT2D eigenvalue weighted by Crippen LogP contribution is 2.32. The summed E-state index contributed by atoms with van der Waals surface area (Å²) in [5.41, 5.74) is 1.99. The van der Waals surface area contributed by atoms with Crippen LogP contribution in [0.25, 0.3) is 17.4 Å². The maximum Gasteiger partial charge on any atom is 0.280 e. The molecule has 28 heavy (non-hydrogen) atoms. The van der Waals surface area contributed by atoms with Gasteiger partial charge in [-0.2, -0.15) is 10.1 Å². The molecule has 0 bridgehead atoms. The molecule has 3 aromatic rings. The molecule has 138 valence electrons. The number of hydrogen-bond donors (Lipinski definition) is 0. The maximum atomic E-state index is 12.8. The molecule has 0 N–H and O–H groups in total. The van der Waals surface area contributed by atoms with Gasteiger partial charge in [-0.25, -0.2) is 0 Å². The number of nitro groups is 1. The number of hydrogen-bond acceptors (Lipinski definition) is 5. The van der Waals surface area contributed by atoms with Crippen LogP contribution in [0.3, 0.4) is 0 Å². The first-order chi connectivity index (χ1) is 13.5. The first-order valence-corrected chi connectivity index (χ1v) is 8.55. The van der Waals surface area contributed by atoms with E-state index in [-0.39, 0.29) is 11.6 Å². The highest BCUT2D eigenvalue weighted by Gasteiger charge is 2.29. The molecule has 7 nitrogen and oxygen atoms in total. The second-order valence-corrected chi connectivity index (χ2v) is 6.17. The van der Waals surface area contributed by atoms with Crippen molar-refractivity contribution in [2.45, 2.75) is 6.92 Å². The fourth-order valence-corrected chi connectivity index (χ4v) is 2.99. The third-order valence-electron chi connectivity index (χ3n) is 4.34. The zero-order valence-electron chi connectivity index (χ0n) is 14.9. The number of furan rings is 1. The Kier molecular flexibility index (Phi) is 4.33. The Morgan fingerprint density at radius 3 is 2.50 bits per heavy atom. The van der Waals surface area contributed by atoms with Crippen LogP contribution in [0, 0.1) is 10.1 Å². The largest absolute Gasteiger partial charge is 0.456 e. The number of hydrazone groups is 1. The van der Waals surface area contributed by atoms with Crippen molar-refractivity contribution in [3.05, 3.63) is 88.2 Å². The lowest BCUT2D eigenvalue weighted by atomic mass is 10.1. The first-order valence-electron chi connectivity index (χ1n) is 8.55. The summed E-state index contributed by atoms with van der Waals surface area (Å²) in [4.78, 5) is 23.5. The van der Waals surface area contributed by atoms with Gasteiger partial charge in [0.05, 0.1) is 27.5 Å². The summed E-state index contributed by atoms with van der Waals surface area (Å²) in [6, 6.07) is 18.8. The predicted molar refractivity (Wildman–Crippen MR) is 106 cm³/mol. The van der Waals surface area contributed by atoms with E-state index in [1.54, 1.807) is 55.5 Å². The summed E-state index contributed by atoms with van der Waals surface area (Å²) >= 11 is 0. The minimum atomic E-state index is -0.453. The fraction of sp³-hybridized carbons (Fsp3) is 0.0476. The summed E-state index contributed by atoms with van der Waals surface area (Å²) in [5, 5.41) is 16.9. The molecule has 0 saturated carbocycles. The Labute approximate surface area is 160 Å². The van der Waals surface area contributed by atoms with E-state index in [1.165, 1.54) is 11.1 Å². The van der Waals surface area contributed by atoms with Gasteiger partial charge in [-0.3, -0.25) is 14.9 Å². The zero-order chi connectivity index (χ0) is 19.7. The standard InChI is InChI=1S/C21H15N3O4/c1-14-18(21(25)23(22-14)15-7-3-2-4-8-15)13-16-11-12-20(28-16)17-9-5-6-10-19(17)24(26)27/h2-13H,1H3. The zero-order valence-corrected chi connectivity index (χ0v) is 14.9. The van der Waals surface area contributed by atoms with Crippen molar-refractivity contribution in [1.29, 1.82) is 0 Å². The van der Waals surface area contributed by atoms with Crippen LogP contribution in [-0.2, 0) is 4.79 Å². The first kappa shape index (κ1) is 17.4. The van der Waals surface area contributed by atoms with Crippen LogP contribution < -0.4 is 5.01 Å². The maximum absolute atomic E-state index is 12.8. The van der Waals surface area contributed by atoms with Gasteiger partial charge in [0.2, 0.25) is 0 Å². The lowest BCUT2D eigenvalue weighted by Crippen LogP contribution is -2.21. The van der Waals surface area contributed by atoms with Gasteiger partial charge in [0, 0.05) is 6.07 Å². The molecule has 0 spiro atoms. The second-order valence-electron chi connectivity index (χ2n) is 6.17. The van der Waals surface area contributed by atoms with Crippen LogP contribution in [0.1, 0.15) is 12.7 Å². The molecule has 7 heteroatoms. The normalized spacial score (nSPS) is 15.2. The third-order valence-corrected chi connectivity index (χ3v) is 4.34. The predicted octanol–water partition coefficient (Wildman–Crippen LogP) is 4.66. The minimum absolute atomic E-state index is 0.0407. The molecule has 2 heterocycles. The Balaban J connectivity index is 1.66. The average molecular weight is 373 g/mol. The fourth-order valence-electron chi connectivity index (χ4n) is 2.99. The van der Waals surface area contributed by atoms with Gasteiger partial charge in [0.1, 0.15) is 11.5 Å². The van der Waals surface area contributed by atoms with Crippen molar-refractivity contribution in [3.63, 3.8) is 0 Å². The topological polar surface area (TPSA) is 89.0 Å². The number of anilines is 1. The Bertz CT molecular complexity index is 1130. The molecular weight excluding hydrogens is 358 g/mol. The minimum Gasteiger partial charge on any atom is -0.456 e. The number of nitro benzene ring substituents is 1. The molecular formula is C21H15N3O4. The lowest BCUT2D eigenvalue weighted by Gasteiger charge is -2.10. The van der Waals surface area contributed by atoms with Crippen LogP contribution in [-0.4, -0.2) is 16.5 Å². The average Bonchev–Trinajstić information content (AvgIpc) is 3.29. The molecule has 0 aliphatic carbocycles. The SMILES string of the molecule is CC1=NN(c2ccccc2)C(=O)C1=Cc1ccc(-c2ccccc2[N+](=O)[O-])o1. The number of rotatable bonds is 4. The smallest absolute Gasteiger partial charge is 0.280 e. The van der Waals surface area contributed by atoms with E-state index in [1.807, 2.05) is 18.2 Å². The van der Waals surface area contributed by atoms with Crippen molar-refractivity contribution in [2.75, 3.05) is 5.01 Å². The van der Waals surface area contributed by atoms with Crippen molar-refractivity contribution in [1.82, 2.24) is 0 Å². The number of benzene rings is 2. The molecule has 1 amide bonds. The summed E-state index contributed by atoms with van der Waals surface area (Å²) in [7, 11) is 0. The summed E-state index contributed by atoms with van der Waals surface area (Å²) in [5.74, 6) is 0.521. The molecule has 2 aromatic carbocycles.